The Bertz CT molecular complexity index is 790. The molecule has 0 amide bonds. The lowest BCUT2D eigenvalue weighted by Crippen LogP contribution is -1.92. The number of Topliss-reactive ketones (excluding diaryl/α,β-unsaturated/α-hetero) is 1. The quantitative estimate of drug-likeness (QED) is 0.737. The first kappa shape index (κ1) is 14.0. The van der Waals surface area contributed by atoms with Gasteiger partial charge in [0.15, 0.2) is 5.78 Å². The van der Waals surface area contributed by atoms with E-state index in [1.165, 1.54) is 12.5 Å². The lowest BCUT2D eigenvalue weighted by molar-refractivity contribution is 0.101. The van der Waals surface area contributed by atoms with Gasteiger partial charge in [-0.3, -0.25) is 4.79 Å². The minimum absolute atomic E-state index is 0.0267. The molecule has 5 heteroatoms. The third-order valence-electron chi connectivity index (χ3n) is 3.27. The van der Waals surface area contributed by atoms with Crippen molar-refractivity contribution in [3.8, 4) is 11.5 Å². The SMILES string of the molecule is CC(=O)c1ccc(-c2nc(Nc3ccc(C)cc3)no2)cc1. The molecule has 0 saturated carbocycles. The summed E-state index contributed by atoms with van der Waals surface area (Å²) in [4.78, 5) is 15.6. The van der Waals surface area contributed by atoms with Gasteiger partial charge >= 0.3 is 0 Å². The number of rotatable bonds is 4. The van der Waals surface area contributed by atoms with E-state index >= 15 is 0 Å². The zero-order chi connectivity index (χ0) is 15.5. The molecule has 3 aromatic rings. The Balaban J connectivity index is 1.78. The van der Waals surface area contributed by atoms with E-state index in [1.807, 2.05) is 31.2 Å². The summed E-state index contributed by atoms with van der Waals surface area (Å²) in [5, 5.41) is 6.98. The molecule has 0 saturated heterocycles. The van der Waals surface area contributed by atoms with E-state index < -0.39 is 0 Å². The Labute approximate surface area is 128 Å². The first-order valence-corrected chi connectivity index (χ1v) is 6.90. The first-order chi connectivity index (χ1) is 10.6. The molecule has 0 aliphatic heterocycles. The second-order valence-electron chi connectivity index (χ2n) is 5.05. The average molecular weight is 293 g/mol. The molecule has 1 N–H and O–H groups in total. The molecule has 0 bridgehead atoms. The number of ketones is 1. The zero-order valence-electron chi connectivity index (χ0n) is 12.3. The van der Waals surface area contributed by atoms with Crippen molar-refractivity contribution in [2.75, 3.05) is 5.32 Å². The summed E-state index contributed by atoms with van der Waals surface area (Å²) in [6.07, 6.45) is 0. The van der Waals surface area contributed by atoms with Crippen molar-refractivity contribution in [2.24, 2.45) is 0 Å². The Morgan fingerprint density at radius 2 is 1.73 bits per heavy atom. The summed E-state index contributed by atoms with van der Waals surface area (Å²) in [7, 11) is 0. The van der Waals surface area contributed by atoms with Crippen LogP contribution in [0.4, 0.5) is 11.6 Å². The lowest BCUT2D eigenvalue weighted by atomic mass is 10.1. The second-order valence-corrected chi connectivity index (χ2v) is 5.05. The monoisotopic (exact) mass is 293 g/mol. The number of aromatic nitrogens is 2. The van der Waals surface area contributed by atoms with E-state index in [9.17, 15) is 4.79 Å². The fourth-order valence-electron chi connectivity index (χ4n) is 2.01. The molecular weight excluding hydrogens is 278 g/mol. The van der Waals surface area contributed by atoms with Gasteiger partial charge in [-0.05, 0) is 43.3 Å². The number of carbonyl (C=O) groups is 1. The van der Waals surface area contributed by atoms with Gasteiger partial charge in [0.25, 0.3) is 11.8 Å². The van der Waals surface area contributed by atoms with Crippen molar-refractivity contribution in [1.82, 2.24) is 10.1 Å². The van der Waals surface area contributed by atoms with Crippen molar-refractivity contribution in [1.29, 1.82) is 0 Å². The maximum Gasteiger partial charge on any atom is 0.268 e. The third kappa shape index (κ3) is 3.03. The molecule has 1 aromatic heterocycles. The fourth-order valence-corrected chi connectivity index (χ4v) is 2.01. The van der Waals surface area contributed by atoms with Crippen LogP contribution in [0, 0.1) is 6.92 Å². The first-order valence-electron chi connectivity index (χ1n) is 6.90. The van der Waals surface area contributed by atoms with Gasteiger partial charge in [0.05, 0.1) is 0 Å². The van der Waals surface area contributed by atoms with Crippen LogP contribution in [0.3, 0.4) is 0 Å². The number of aryl methyl sites for hydroxylation is 1. The van der Waals surface area contributed by atoms with Gasteiger partial charge < -0.3 is 9.84 Å². The highest BCUT2D eigenvalue weighted by atomic mass is 16.5. The zero-order valence-corrected chi connectivity index (χ0v) is 12.3. The van der Waals surface area contributed by atoms with Crippen LogP contribution in [0.5, 0.6) is 0 Å². The van der Waals surface area contributed by atoms with Crippen LogP contribution in [0.1, 0.15) is 22.8 Å². The fraction of sp³-hybridized carbons (Fsp3) is 0.118. The summed E-state index contributed by atoms with van der Waals surface area (Å²) in [6, 6.07) is 15.0. The molecule has 0 radical (unpaired) electrons. The number of benzene rings is 2. The van der Waals surface area contributed by atoms with Crippen LogP contribution in [-0.2, 0) is 0 Å². The smallest absolute Gasteiger partial charge is 0.268 e. The van der Waals surface area contributed by atoms with Gasteiger partial charge in [0, 0.05) is 16.8 Å². The molecule has 0 atom stereocenters. The Kier molecular flexibility index (Phi) is 3.70. The number of anilines is 2. The Hall–Kier alpha value is -2.95. The molecule has 0 fully saturated rings. The van der Waals surface area contributed by atoms with E-state index in [4.69, 9.17) is 4.52 Å². The lowest BCUT2D eigenvalue weighted by Gasteiger charge is -2.00. The molecule has 22 heavy (non-hydrogen) atoms. The van der Waals surface area contributed by atoms with Gasteiger partial charge in [0.2, 0.25) is 0 Å². The molecule has 0 unspecified atom stereocenters. The van der Waals surface area contributed by atoms with Crippen LogP contribution in [0.25, 0.3) is 11.5 Å². The molecule has 1 heterocycles. The van der Waals surface area contributed by atoms with Gasteiger partial charge in [-0.1, -0.05) is 29.8 Å². The van der Waals surface area contributed by atoms with E-state index in [0.717, 1.165) is 11.3 Å². The van der Waals surface area contributed by atoms with Crippen molar-refractivity contribution in [3.63, 3.8) is 0 Å². The van der Waals surface area contributed by atoms with E-state index in [-0.39, 0.29) is 5.78 Å². The van der Waals surface area contributed by atoms with Crippen molar-refractivity contribution in [2.45, 2.75) is 13.8 Å². The second kappa shape index (κ2) is 5.81. The molecule has 0 aliphatic carbocycles. The molecule has 2 aromatic carbocycles. The molecule has 0 spiro atoms. The maximum atomic E-state index is 11.3. The van der Waals surface area contributed by atoms with Gasteiger partial charge in [-0.2, -0.15) is 4.98 Å². The minimum atomic E-state index is 0.0267. The predicted molar refractivity (Wildman–Crippen MR) is 84.2 cm³/mol. The number of carbonyl (C=O) groups excluding carboxylic acids is 1. The number of nitrogens with one attached hydrogen (secondary N) is 1. The summed E-state index contributed by atoms with van der Waals surface area (Å²) in [5.41, 5.74) is 3.51. The average Bonchev–Trinajstić information content (AvgIpc) is 2.98. The summed E-state index contributed by atoms with van der Waals surface area (Å²) in [6.45, 7) is 3.56. The Morgan fingerprint density at radius 3 is 2.36 bits per heavy atom. The van der Waals surface area contributed by atoms with Crippen LogP contribution in [0.15, 0.2) is 53.1 Å². The minimum Gasteiger partial charge on any atom is -0.332 e. The van der Waals surface area contributed by atoms with Gasteiger partial charge in [-0.25, -0.2) is 0 Å². The molecule has 0 aliphatic rings. The predicted octanol–water partition coefficient (Wildman–Crippen LogP) is 3.99. The van der Waals surface area contributed by atoms with Crippen LogP contribution >= 0.6 is 0 Å². The highest BCUT2D eigenvalue weighted by molar-refractivity contribution is 5.94. The van der Waals surface area contributed by atoms with Crippen LogP contribution in [0.2, 0.25) is 0 Å². The largest absolute Gasteiger partial charge is 0.332 e. The van der Waals surface area contributed by atoms with E-state index in [0.29, 0.717) is 17.4 Å². The van der Waals surface area contributed by atoms with Crippen LogP contribution < -0.4 is 5.32 Å². The maximum absolute atomic E-state index is 11.3. The van der Waals surface area contributed by atoms with Crippen molar-refractivity contribution >= 4 is 17.4 Å². The Morgan fingerprint density at radius 1 is 1.05 bits per heavy atom. The summed E-state index contributed by atoms with van der Waals surface area (Å²) >= 11 is 0. The van der Waals surface area contributed by atoms with Crippen molar-refractivity contribution < 1.29 is 9.32 Å². The summed E-state index contributed by atoms with van der Waals surface area (Å²) < 4.78 is 5.24. The summed E-state index contributed by atoms with van der Waals surface area (Å²) in [5.74, 6) is 0.831. The topological polar surface area (TPSA) is 68.0 Å². The third-order valence-corrected chi connectivity index (χ3v) is 3.27. The number of hydrogen-bond donors (Lipinski definition) is 1. The molecule has 3 rings (SSSR count). The van der Waals surface area contributed by atoms with Gasteiger partial charge in [-0.15, -0.1) is 0 Å². The normalized spacial score (nSPS) is 10.5. The molecule has 5 nitrogen and oxygen atoms in total. The van der Waals surface area contributed by atoms with E-state index in [2.05, 4.69) is 15.5 Å². The van der Waals surface area contributed by atoms with Crippen LogP contribution in [-0.4, -0.2) is 15.9 Å². The standard InChI is InChI=1S/C17H15N3O2/c1-11-3-9-15(10-4-11)18-17-19-16(22-20-17)14-7-5-13(6-8-14)12(2)21/h3-10H,1-2H3,(H,18,20). The van der Waals surface area contributed by atoms with Crippen molar-refractivity contribution in [3.05, 3.63) is 59.7 Å². The van der Waals surface area contributed by atoms with E-state index in [1.54, 1.807) is 24.3 Å². The van der Waals surface area contributed by atoms with Gasteiger partial charge in [0.1, 0.15) is 0 Å². The highest BCUT2D eigenvalue weighted by Gasteiger charge is 2.09. The number of nitrogens with zero attached hydrogens (tertiary/aromatic N) is 2. The number of hydrogen-bond acceptors (Lipinski definition) is 5. The molecular formula is C17H15N3O2. The highest BCUT2D eigenvalue weighted by Crippen LogP contribution is 2.21. The molecule has 110 valence electrons.